The molecule has 0 amide bonds. The maximum absolute atomic E-state index is 11.2. The van der Waals surface area contributed by atoms with Gasteiger partial charge in [0.25, 0.3) is 0 Å². The molecule has 0 aromatic carbocycles. The van der Waals surface area contributed by atoms with Gasteiger partial charge in [0.15, 0.2) is 0 Å². The molecular formula is C9H10O4. The number of hydrogen-bond acceptors (Lipinski definition) is 4. The highest BCUT2D eigenvalue weighted by molar-refractivity contribution is 6.15. The molecule has 0 bridgehead atoms. The summed E-state index contributed by atoms with van der Waals surface area (Å²) < 4.78 is 14.1. The topological polar surface area (TPSA) is 48.7 Å². The molecule has 1 aromatic heterocycles. The van der Waals surface area contributed by atoms with Crippen LogP contribution >= 0.6 is 0 Å². The number of carbonyl (C=O) groups excluding carboxylic acids is 1. The van der Waals surface area contributed by atoms with E-state index in [1.807, 2.05) is 0 Å². The Balaban J connectivity index is 2.94. The zero-order valence-electron chi connectivity index (χ0n) is 7.44. The average molecular weight is 182 g/mol. The molecule has 0 radical (unpaired) electrons. The molecule has 13 heavy (non-hydrogen) atoms. The van der Waals surface area contributed by atoms with Gasteiger partial charge in [0.1, 0.15) is 5.57 Å². The van der Waals surface area contributed by atoms with Gasteiger partial charge in [0.2, 0.25) is 0 Å². The summed E-state index contributed by atoms with van der Waals surface area (Å²) in [5.41, 5.74) is 0.965. The van der Waals surface area contributed by atoms with Gasteiger partial charge in [-0.15, -0.1) is 0 Å². The fourth-order valence-electron chi connectivity index (χ4n) is 0.880. The normalized spacial score (nSPS) is 11.1. The van der Waals surface area contributed by atoms with E-state index in [9.17, 15) is 4.79 Å². The number of furan rings is 1. The van der Waals surface area contributed by atoms with E-state index < -0.39 is 5.97 Å². The highest BCUT2D eigenvalue weighted by atomic mass is 16.5. The van der Waals surface area contributed by atoms with E-state index in [2.05, 4.69) is 4.74 Å². The molecule has 0 atom stereocenters. The molecule has 1 rings (SSSR count). The fraction of sp³-hybridized carbons (Fsp3) is 0.222. The van der Waals surface area contributed by atoms with Gasteiger partial charge in [0, 0.05) is 5.56 Å². The lowest BCUT2D eigenvalue weighted by atomic mass is 10.1. The number of ether oxygens (including phenoxy) is 2. The highest BCUT2D eigenvalue weighted by Crippen LogP contribution is 2.15. The van der Waals surface area contributed by atoms with Crippen molar-refractivity contribution in [2.75, 3.05) is 14.2 Å². The molecule has 4 heteroatoms. The average Bonchev–Trinajstić information content (AvgIpc) is 2.65. The number of methoxy groups -OCH3 is 2. The zero-order valence-corrected chi connectivity index (χ0v) is 7.44. The molecule has 0 aliphatic heterocycles. The Bertz CT molecular complexity index is 297. The summed E-state index contributed by atoms with van der Waals surface area (Å²) in [6, 6.07) is 1.65. The van der Waals surface area contributed by atoms with Crippen LogP contribution in [0.15, 0.2) is 29.3 Å². The van der Waals surface area contributed by atoms with Crippen molar-refractivity contribution in [1.29, 1.82) is 0 Å². The molecule has 0 saturated carbocycles. The predicted molar refractivity (Wildman–Crippen MR) is 45.7 cm³/mol. The van der Waals surface area contributed by atoms with Crippen molar-refractivity contribution in [2.45, 2.75) is 0 Å². The maximum Gasteiger partial charge on any atom is 0.341 e. The van der Waals surface area contributed by atoms with Crippen LogP contribution in [0.1, 0.15) is 5.56 Å². The van der Waals surface area contributed by atoms with Crippen LogP contribution in [-0.4, -0.2) is 20.2 Å². The first-order valence-electron chi connectivity index (χ1n) is 3.63. The summed E-state index contributed by atoms with van der Waals surface area (Å²) in [5.74, 6) is -0.455. The summed E-state index contributed by atoms with van der Waals surface area (Å²) in [7, 11) is 2.77. The number of carbonyl (C=O) groups is 1. The standard InChI is InChI=1S/C9H10O4/c1-11-6-8(9(10)12-2)7-3-4-13-5-7/h3-6H,1-2H3/b8-6-. The van der Waals surface area contributed by atoms with Crippen LogP contribution in [0.3, 0.4) is 0 Å². The van der Waals surface area contributed by atoms with Crippen LogP contribution in [0, 0.1) is 0 Å². The minimum atomic E-state index is -0.455. The first-order chi connectivity index (χ1) is 6.29. The van der Waals surface area contributed by atoms with Crippen molar-refractivity contribution < 1.29 is 18.7 Å². The molecule has 0 N–H and O–H groups in total. The van der Waals surface area contributed by atoms with Gasteiger partial charge < -0.3 is 13.9 Å². The molecule has 0 spiro atoms. The fourth-order valence-corrected chi connectivity index (χ4v) is 0.880. The van der Waals surface area contributed by atoms with Gasteiger partial charge in [-0.1, -0.05) is 0 Å². The largest absolute Gasteiger partial charge is 0.503 e. The second-order valence-corrected chi connectivity index (χ2v) is 2.27. The lowest BCUT2D eigenvalue weighted by Crippen LogP contribution is -2.03. The smallest absolute Gasteiger partial charge is 0.341 e. The van der Waals surface area contributed by atoms with Gasteiger partial charge in [-0.3, -0.25) is 0 Å². The van der Waals surface area contributed by atoms with Crippen LogP contribution < -0.4 is 0 Å². The molecule has 0 fully saturated rings. The second-order valence-electron chi connectivity index (χ2n) is 2.27. The van der Waals surface area contributed by atoms with Gasteiger partial charge in [0.05, 0.1) is 33.0 Å². The summed E-state index contributed by atoms with van der Waals surface area (Å²) in [6.07, 6.45) is 4.24. The quantitative estimate of drug-likeness (QED) is 0.403. The Hall–Kier alpha value is -1.71. The minimum Gasteiger partial charge on any atom is -0.503 e. The molecule has 0 aliphatic carbocycles. The van der Waals surface area contributed by atoms with Crippen LogP contribution in [0.2, 0.25) is 0 Å². The first-order valence-corrected chi connectivity index (χ1v) is 3.63. The molecule has 1 heterocycles. The molecular weight excluding hydrogens is 172 g/mol. The number of rotatable bonds is 3. The molecule has 0 aliphatic rings. The second kappa shape index (κ2) is 4.35. The van der Waals surface area contributed by atoms with E-state index in [0.717, 1.165) is 0 Å². The van der Waals surface area contributed by atoms with Gasteiger partial charge in [-0.2, -0.15) is 0 Å². The summed E-state index contributed by atoms with van der Waals surface area (Å²) in [6.45, 7) is 0. The van der Waals surface area contributed by atoms with Crippen LogP contribution in [0.4, 0.5) is 0 Å². The monoisotopic (exact) mass is 182 g/mol. The van der Waals surface area contributed by atoms with Crippen LogP contribution in [0.5, 0.6) is 0 Å². The third-order valence-corrected chi connectivity index (χ3v) is 1.47. The molecule has 70 valence electrons. The van der Waals surface area contributed by atoms with Crippen molar-refractivity contribution >= 4 is 11.5 Å². The van der Waals surface area contributed by atoms with E-state index in [1.165, 1.54) is 33.0 Å². The summed E-state index contributed by atoms with van der Waals surface area (Å²) in [4.78, 5) is 11.2. The lowest BCUT2D eigenvalue weighted by Gasteiger charge is -2.01. The summed E-state index contributed by atoms with van der Waals surface area (Å²) in [5, 5.41) is 0. The summed E-state index contributed by atoms with van der Waals surface area (Å²) >= 11 is 0. The van der Waals surface area contributed by atoms with Crippen molar-refractivity contribution in [3.05, 3.63) is 30.4 Å². The molecule has 1 aromatic rings. The van der Waals surface area contributed by atoms with E-state index in [1.54, 1.807) is 6.07 Å². The molecule has 4 nitrogen and oxygen atoms in total. The molecule has 0 saturated heterocycles. The Labute approximate surface area is 75.7 Å². The van der Waals surface area contributed by atoms with E-state index in [-0.39, 0.29) is 0 Å². The first kappa shape index (κ1) is 9.38. The van der Waals surface area contributed by atoms with E-state index in [0.29, 0.717) is 11.1 Å². The van der Waals surface area contributed by atoms with E-state index in [4.69, 9.17) is 9.15 Å². The van der Waals surface area contributed by atoms with Crippen molar-refractivity contribution in [3.8, 4) is 0 Å². The van der Waals surface area contributed by atoms with Gasteiger partial charge in [-0.25, -0.2) is 4.79 Å². The van der Waals surface area contributed by atoms with E-state index >= 15 is 0 Å². The van der Waals surface area contributed by atoms with Crippen molar-refractivity contribution in [3.63, 3.8) is 0 Å². The SMILES string of the molecule is CO/C=C(\C(=O)OC)c1ccoc1. The van der Waals surface area contributed by atoms with Crippen molar-refractivity contribution in [1.82, 2.24) is 0 Å². The predicted octanol–water partition coefficient (Wildman–Crippen LogP) is 1.44. The third-order valence-electron chi connectivity index (χ3n) is 1.47. The van der Waals surface area contributed by atoms with Gasteiger partial charge in [-0.05, 0) is 6.07 Å². The lowest BCUT2D eigenvalue weighted by molar-refractivity contribution is -0.133. The Morgan fingerprint density at radius 2 is 2.31 bits per heavy atom. The van der Waals surface area contributed by atoms with Gasteiger partial charge >= 0.3 is 5.97 Å². The van der Waals surface area contributed by atoms with Crippen LogP contribution in [-0.2, 0) is 14.3 Å². The van der Waals surface area contributed by atoms with Crippen molar-refractivity contribution in [2.24, 2.45) is 0 Å². The Morgan fingerprint density at radius 3 is 2.77 bits per heavy atom. The number of hydrogen-bond donors (Lipinski definition) is 0. The Kier molecular flexibility index (Phi) is 3.14. The molecule has 0 unspecified atom stereocenters. The Morgan fingerprint density at radius 1 is 1.54 bits per heavy atom. The highest BCUT2D eigenvalue weighted by Gasteiger charge is 2.13. The zero-order chi connectivity index (χ0) is 9.68. The minimum absolute atomic E-state index is 0.332. The maximum atomic E-state index is 11.2. The van der Waals surface area contributed by atoms with Crippen LogP contribution in [0.25, 0.3) is 5.57 Å². The number of esters is 1. The third kappa shape index (κ3) is 2.11.